The van der Waals surface area contributed by atoms with Gasteiger partial charge in [0.2, 0.25) is 0 Å². The van der Waals surface area contributed by atoms with Crippen molar-refractivity contribution in [3.05, 3.63) is 34.1 Å². The van der Waals surface area contributed by atoms with Gasteiger partial charge in [-0.2, -0.15) is 0 Å². The van der Waals surface area contributed by atoms with E-state index >= 15 is 0 Å². The van der Waals surface area contributed by atoms with Gasteiger partial charge in [-0.05, 0) is 36.5 Å². The number of rotatable bonds is 3. The van der Waals surface area contributed by atoms with Crippen molar-refractivity contribution in [1.82, 2.24) is 5.43 Å². The largest absolute Gasteiger partial charge is 0.271 e. The van der Waals surface area contributed by atoms with Crippen LogP contribution in [0.5, 0.6) is 0 Å². The Hall–Kier alpha value is -0.450. The number of hydrogen-bond donors (Lipinski definition) is 2. The van der Waals surface area contributed by atoms with Gasteiger partial charge < -0.3 is 0 Å². The number of nitrogens with two attached hydrogens (primary N) is 1. The zero-order chi connectivity index (χ0) is 12.3. The number of hydrogen-bond acceptors (Lipinski definition) is 2. The minimum Gasteiger partial charge on any atom is -0.271 e. The summed E-state index contributed by atoms with van der Waals surface area (Å²) in [6.45, 7) is 0. The molecule has 0 radical (unpaired) electrons. The lowest BCUT2D eigenvalue weighted by Crippen LogP contribution is -2.34. The van der Waals surface area contributed by atoms with E-state index in [1.54, 1.807) is 0 Å². The SMILES string of the molecule is NNC(c1ccc(F)cc1Br)C1CCCCC1. The molecule has 0 spiro atoms. The molecule has 1 fully saturated rings. The minimum atomic E-state index is -0.222. The van der Waals surface area contributed by atoms with E-state index in [4.69, 9.17) is 5.84 Å². The normalized spacial score (nSPS) is 19.2. The second-order valence-electron chi connectivity index (χ2n) is 4.71. The number of halogens is 2. The van der Waals surface area contributed by atoms with Crippen molar-refractivity contribution in [2.75, 3.05) is 0 Å². The first kappa shape index (κ1) is 13.0. The van der Waals surface area contributed by atoms with Crippen LogP contribution in [0.2, 0.25) is 0 Å². The molecule has 3 N–H and O–H groups in total. The second kappa shape index (κ2) is 5.94. The quantitative estimate of drug-likeness (QED) is 0.660. The summed E-state index contributed by atoms with van der Waals surface area (Å²) >= 11 is 3.42. The summed E-state index contributed by atoms with van der Waals surface area (Å²) in [5.41, 5.74) is 3.95. The Labute approximate surface area is 110 Å². The first-order valence-electron chi connectivity index (χ1n) is 6.13. The van der Waals surface area contributed by atoms with Crippen LogP contribution >= 0.6 is 15.9 Å². The van der Waals surface area contributed by atoms with Gasteiger partial charge in [-0.3, -0.25) is 11.3 Å². The summed E-state index contributed by atoms with van der Waals surface area (Å²) in [5.74, 6) is 6.01. The molecule has 1 unspecified atom stereocenters. The highest BCUT2D eigenvalue weighted by atomic mass is 79.9. The molecule has 1 aromatic carbocycles. The molecule has 94 valence electrons. The van der Waals surface area contributed by atoms with Crippen LogP contribution in [0.15, 0.2) is 22.7 Å². The summed E-state index contributed by atoms with van der Waals surface area (Å²) in [7, 11) is 0. The van der Waals surface area contributed by atoms with Gasteiger partial charge >= 0.3 is 0 Å². The van der Waals surface area contributed by atoms with E-state index in [1.807, 2.05) is 6.07 Å². The highest BCUT2D eigenvalue weighted by molar-refractivity contribution is 9.10. The Morgan fingerprint density at radius 3 is 2.59 bits per heavy atom. The molecular weight excluding hydrogens is 283 g/mol. The number of nitrogens with one attached hydrogen (secondary N) is 1. The lowest BCUT2D eigenvalue weighted by molar-refractivity contribution is 0.273. The van der Waals surface area contributed by atoms with Crippen LogP contribution < -0.4 is 11.3 Å². The van der Waals surface area contributed by atoms with Crippen molar-refractivity contribution in [2.24, 2.45) is 11.8 Å². The van der Waals surface area contributed by atoms with E-state index < -0.39 is 0 Å². The van der Waals surface area contributed by atoms with Crippen LogP contribution in [-0.2, 0) is 0 Å². The molecular formula is C13H18BrFN2. The predicted octanol–water partition coefficient (Wildman–Crippen LogP) is 3.67. The van der Waals surface area contributed by atoms with Gasteiger partial charge in [0.05, 0.1) is 0 Å². The fourth-order valence-corrected chi connectivity index (χ4v) is 3.30. The van der Waals surface area contributed by atoms with Gasteiger partial charge in [-0.1, -0.05) is 41.3 Å². The molecule has 0 aliphatic heterocycles. The number of hydrazine groups is 1. The maximum Gasteiger partial charge on any atom is 0.124 e. The zero-order valence-electron chi connectivity index (χ0n) is 9.76. The molecule has 17 heavy (non-hydrogen) atoms. The van der Waals surface area contributed by atoms with Crippen molar-refractivity contribution in [3.8, 4) is 0 Å². The third kappa shape index (κ3) is 3.06. The molecule has 0 bridgehead atoms. The van der Waals surface area contributed by atoms with Crippen molar-refractivity contribution in [1.29, 1.82) is 0 Å². The van der Waals surface area contributed by atoms with Crippen LogP contribution in [-0.4, -0.2) is 0 Å². The lowest BCUT2D eigenvalue weighted by Gasteiger charge is -2.30. The molecule has 1 aliphatic carbocycles. The Morgan fingerprint density at radius 1 is 1.29 bits per heavy atom. The third-order valence-corrected chi connectivity index (χ3v) is 4.29. The molecule has 0 aromatic heterocycles. The molecule has 0 amide bonds. The Bertz CT molecular complexity index is 378. The van der Waals surface area contributed by atoms with Gasteiger partial charge in [-0.15, -0.1) is 0 Å². The van der Waals surface area contributed by atoms with Gasteiger partial charge in [0.15, 0.2) is 0 Å². The molecule has 0 saturated heterocycles. The fourth-order valence-electron chi connectivity index (χ4n) is 2.70. The standard InChI is InChI=1S/C13H18BrFN2/c14-12-8-10(15)6-7-11(12)13(17-16)9-4-2-1-3-5-9/h6-9,13,17H,1-5,16H2. The maximum absolute atomic E-state index is 13.1. The van der Waals surface area contributed by atoms with E-state index in [2.05, 4.69) is 21.4 Å². The Balaban J connectivity index is 2.21. The van der Waals surface area contributed by atoms with Crippen LogP contribution in [0.25, 0.3) is 0 Å². The average Bonchev–Trinajstić information content (AvgIpc) is 2.34. The lowest BCUT2D eigenvalue weighted by atomic mass is 9.81. The highest BCUT2D eigenvalue weighted by Gasteiger charge is 2.25. The molecule has 1 aliphatic rings. The maximum atomic E-state index is 13.1. The number of benzene rings is 1. The molecule has 2 nitrogen and oxygen atoms in total. The summed E-state index contributed by atoms with van der Waals surface area (Å²) in [6.07, 6.45) is 6.24. The van der Waals surface area contributed by atoms with Gasteiger partial charge in [0.25, 0.3) is 0 Å². The van der Waals surface area contributed by atoms with E-state index in [0.29, 0.717) is 5.92 Å². The Kier molecular flexibility index (Phi) is 4.54. The Morgan fingerprint density at radius 2 is 2.00 bits per heavy atom. The van der Waals surface area contributed by atoms with Gasteiger partial charge in [0, 0.05) is 10.5 Å². The van der Waals surface area contributed by atoms with Crippen molar-refractivity contribution in [3.63, 3.8) is 0 Å². The molecule has 0 heterocycles. The average molecular weight is 301 g/mol. The van der Waals surface area contributed by atoms with Gasteiger partial charge in [-0.25, -0.2) is 4.39 Å². The van der Waals surface area contributed by atoms with Crippen LogP contribution in [0.4, 0.5) is 4.39 Å². The minimum absolute atomic E-state index is 0.116. The first-order chi connectivity index (χ1) is 8.22. The smallest absolute Gasteiger partial charge is 0.124 e. The van der Waals surface area contributed by atoms with E-state index in [0.717, 1.165) is 10.0 Å². The third-order valence-electron chi connectivity index (χ3n) is 3.60. The first-order valence-corrected chi connectivity index (χ1v) is 6.92. The van der Waals surface area contributed by atoms with E-state index in [1.165, 1.54) is 44.2 Å². The van der Waals surface area contributed by atoms with Crippen LogP contribution in [0.3, 0.4) is 0 Å². The summed E-state index contributed by atoms with van der Waals surface area (Å²) < 4.78 is 13.9. The van der Waals surface area contributed by atoms with Crippen LogP contribution in [0.1, 0.15) is 43.7 Å². The van der Waals surface area contributed by atoms with E-state index in [-0.39, 0.29) is 11.9 Å². The zero-order valence-corrected chi connectivity index (χ0v) is 11.3. The van der Waals surface area contributed by atoms with Crippen molar-refractivity contribution >= 4 is 15.9 Å². The van der Waals surface area contributed by atoms with Crippen LogP contribution in [0, 0.1) is 11.7 Å². The van der Waals surface area contributed by atoms with Crippen molar-refractivity contribution < 1.29 is 4.39 Å². The predicted molar refractivity (Wildman–Crippen MR) is 70.7 cm³/mol. The monoisotopic (exact) mass is 300 g/mol. The molecule has 1 saturated carbocycles. The molecule has 4 heteroatoms. The highest BCUT2D eigenvalue weighted by Crippen LogP contribution is 2.36. The fraction of sp³-hybridized carbons (Fsp3) is 0.538. The van der Waals surface area contributed by atoms with Gasteiger partial charge in [0.1, 0.15) is 5.82 Å². The summed E-state index contributed by atoms with van der Waals surface area (Å²) in [4.78, 5) is 0. The van der Waals surface area contributed by atoms with E-state index in [9.17, 15) is 4.39 Å². The summed E-state index contributed by atoms with van der Waals surface area (Å²) in [5, 5.41) is 0. The molecule has 1 aromatic rings. The van der Waals surface area contributed by atoms with Crippen molar-refractivity contribution in [2.45, 2.75) is 38.1 Å². The topological polar surface area (TPSA) is 38.0 Å². The molecule has 1 atom stereocenters. The summed E-state index contributed by atoms with van der Waals surface area (Å²) in [6, 6.07) is 4.93. The molecule has 2 rings (SSSR count). The second-order valence-corrected chi connectivity index (χ2v) is 5.56.